The molecule has 0 radical (unpaired) electrons. The number of carbonyl (C=O) groups excluding carboxylic acids is 1. The summed E-state index contributed by atoms with van der Waals surface area (Å²) in [7, 11) is 0. The van der Waals surface area contributed by atoms with Crippen LogP contribution in [-0.2, 0) is 4.79 Å². The second kappa shape index (κ2) is 6.52. The van der Waals surface area contributed by atoms with Crippen molar-refractivity contribution in [3.63, 3.8) is 0 Å². The topological polar surface area (TPSA) is 49.3 Å². The fraction of sp³-hybridized carbons (Fsp3) is 0.562. The summed E-state index contributed by atoms with van der Waals surface area (Å²) in [4.78, 5) is 11.9. The zero-order valence-corrected chi connectivity index (χ0v) is 12.3. The van der Waals surface area contributed by atoms with Gasteiger partial charge in [-0.1, -0.05) is 13.8 Å². The molecule has 0 spiro atoms. The van der Waals surface area contributed by atoms with Gasteiger partial charge in [-0.15, -0.1) is 0 Å². The molecular formula is C16H21F2NO2. The maximum Gasteiger partial charge on any atom is 0.223 e. The van der Waals surface area contributed by atoms with Crippen molar-refractivity contribution in [3.8, 4) is 0 Å². The molecule has 1 saturated carbocycles. The number of nitrogens with one attached hydrogen (secondary N) is 1. The maximum atomic E-state index is 13.6. The van der Waals surface area contributed by atoms with Crippen LogP contribution in [0.5, 0.6) is 0 Å². The van der Waals surface area contributed by atoms with E-state index in [9.17, 15) is 18.7 Å². The van der Waals surface area contributed by atoms with Gasteiger partial charge in [-0.25, -0.2) is 8.78 Å². The Bertz CT molecular complexity index is 519. The van der Waals surface area contributed by atoms with Crippen LogP contribution in [0.3, 0.4) is 0 Å². The van der Waals surface area contributed by atoms with Crippen LogP contribution in [0, 0.1) is 23.5 Å². The third-order valence-electron chi connectivity index (χ3n) is 3.74. The lowest BCUT2D eigenvalue weighted by atomic mass is 10.1. The Hall–Kier alpha value is -1.49. The zero-order valence-electron chi connectivity index (χ0n) is 12.3. The van der Waals surface area contributed by atoms with E-state index in [2.05, 4.69) is 5.32 Å². The van der Waals surface area contributed by atoms with Gasteiger partial charge in [0.2, 0.25) is 5.91 Å². The fourth-order valence-corrected chi connectivity index (χ4v) is 2.60. The van der Waals surface area contributed by atoms with Crippen LogP contribution in [0.25, 0.3) is 0 Å². The molecule has 1 fully saturated rings. The molecule has 0 aromatic heterocycles. The predicted octanol–water partition coefficient (Wildman–Crippen LogP) is 2.59. The largest absolute Gasteiger partial charge is 0.391 e. The van der Waals surface area contributed by atoms with Gasteiger partial charge in [0.25, 0.3) is 0 Å². The standard InChI is InChI=1S/C16H21F2NO2/c1-9(2)5-11(20)8-19-16(21)14-7-12(14)13-6-10(17)3-4-15(13)18/h3-4,6,9,11-12,14,20H,5,7-8H2,1-2H3,(H,19,21). The molecule has 5 heteroatoms. The summed E-state index contributed by atoms with van der Waals surface area (Å²) < 4.78 is 26.8. The highest BCUT2D eigenvalue weighted by Gasteiger charge is 2.45. The number of rotatable bonds is 6. The van der Waals surface area contributed by atoms with Gasteiger partial charge < -0.3 is 10.4 Å². The smallest absolute Gasteiger partial charge is 0.223 e. The summed E-state index contributed by atoms with van der Waals surface area (Å²) in [6.45, 7) is 4.19. The number of halogens is 2. The van der Waals surface area contributed by atoms with E-state index in [0.29, 0.717) is 18.8 Å². The summed E-state index contributed by atoms with van der Waals surface area (Å²) in [5.74, 6) is -1.41. The maximum absolute atomic E-state index is 13.6. The van der Waals surface area contributed by atoms with Crippen molar-refractivity contribution >= 4 is 5.91 Å². The molecule has 3 atom stereocenters. The monoisotopic (exact) mass is 297 g/mol. The van der Waals surface area contributed by atoms with Crippen LogP contribution in [0.15, 0.2) is 18.2 Å². The van der Waals surface area contributed by atoms with Crippen molar-refractivity contribution in [3.05, 3.63) is 35.4 Å². The molecule has 3 unspecified atom stereocenters. The molecule has 2 rings (SSSR count). The quantitative estimate of drug-likeness (QED) is 0.848. The Morgan fingerprint density at radius 3 is 2.81 bits per heavy atom. The average molecular weight is 297 g/mol. The Morgan fingerprint density at radius 2 is 2.14 bits per heavy atom. The highest BCUT2D eigenvalue weighted by molar-refractivity contribution is 5.82. The summed E-state index contributed by atoms with van der Waals surface area (Å²) in [6.07, 6.45) is 0.566. The highest BCUT2D eigenvalue weighted by Crippen LogP contribution is 2.48. The van der Waals surface area contributed by atoms with Gasteiger partial charge in [-0.05, 0) is 48.4 Å². The summed E-state index contributed by atoms with van der Waals surface area (Å²) >= 11 is 0. The van der Waals surface area contributed by atoms with E-state index in [1.807, 2.05) is 13.8 Å². The third kappa shape index (κ3) is 4.24. The predicted molar refractivity (Wildman–Crippen MR) is 75.7 cm³/mol. The van der Waals surface area contributed by atoms with E-state index in [1.54, 1.807) is 0 Å². The van der Waals surface area contributed by atoms with Gasteiger partial charge in [-0.2, -0.15) is 0 Å². The number of hydrogen-bond donors (Lipinski definition) is 2. The average Bonchev–Trinajstić information content (AvgIpc) is 3.18. The molecule has 1 aromatic rings. The van der Waals surface area contributed by atoms with Crippen molar-refractivity contribution in [2.45, 2.75) is 38.7 Å². The Labute approximate surface area is 123 Å². The van der Waals surface area contributed by atoms with E-state index < -0.39 is 17.7 Å². The number of aliphatic hydroxyl groups excluding tert-OH is 1. The van der Waals surface area contributed by atoms with Crippen LogP contribution in [0.1, 0.15) is 38.2 Å². The normalized spacial score (nSPS) is 22.2. The van der Waals surface area contributed by atoms with Gasteiger partial charge in [0.1, 0.15) is 11.6 Å². The Morgan fingerprint density at radius 1 is 1.43 bits per heavy atom. The van der Waals surface area contributed by atoms with Crippen molar-refractivity contribution in [1.82, 2.24) is 5.32 Å². The van der Waals surface area contributed by atoms with Gasteiger partial charge in [-0.3, -0.25) is 4.79 Å². The van der Waals surface area contributed by atoms with Crippen LogP contribution in [-0.4, -0.2) is 23.7 Å². The lowest BCUT2D eigenvalue weighted by molar-refractivity contribution is -0.122. The molecular weight excluding hydrogens is 276 g/mol. The molecule has 1 amide bonds. The fourth-order valence-electron chi connectivity index (χ4n) is 2.60. The van der Waals surface area contributed by atoms with Gasteiger partial charge >= 0.3 is 0 Å². The molecule has 0 saturated heterocycles. The third-order valence-corrected chi connectivity index (χ3v) is 3.74. The van der Waals surface area contributed by atoms with Crippen LogP contribution in [0.4, 0.5) is 8.78 Å². The van der Waals surface area contributed by atoms with Gasteiger partial charge in [0.15, 0.2) is 0 Å². The Balaban J connectivity index is 1.85. The first kappa shape index (κ1) is 15.9. The van der Waals surface area contributed by atoms with E-state index >= 15 is 0 Å². The van der Waals surface area contributed by atoms with Crippen molar-refractivity contribution < 1.29 is 18.7 Å². The first-order chi connectivity index (χ1) is 9.88. The van der Waals surface area contributed by atoms with Gasteiger partial charge in [0, 0.05) is 12.5 Å². The second-order valence-electron chi connectivity index (χ2n) is 6.14. The molecule has 21 heavy (non-hydrogen) atoms. The second-order valence-corrected chi connectivity index (χ2v) is 6.14. The number of carbonyl (C=O) groups is 1. The molecule has 1 aromatic carbocycles. The number of hydrogen-bond acceptors (Lipinski definition) is 2. The molecule has 0 heterocycles. The van der Waals surface area contributed by atoms with Crippen LogP contribution in [0.2, 0.25) is 0 Å². The van der Waals surface area contributed by atoms with Crippen LogP contribution >= 0.6 is 0 Å². The minimum Gasteiger partial charge on any atom is -0.391 e. The first-order valence-corrected chi connectivity index (χ1v) is 7.29. The number of aliphatic hydroxyl groups is 1. The molecule has 1 aliphatic carbocycles. The van der Waals surface area contributed by atoms with E-state index in [0.717, 1.165) is 18.2 Å². The van der Waals surface area contributed by atoms with E-state index in [1.165, 1.54) is 0 Å². The molecule has 1 aliphatic rings. The molecule has 3 nitrogen and oxygen atoms in total. The zero-order chi connectivity index (χ0) is 15.6. The van der Waals surface area contributed by atoms with E-state index in [4.69, 9.17) is 0 Å². The SMILES string of the molecule is CC(C)CC(O)CNC(=O)C1CC1c1cc(F)ccc1F. The number of benzene rings is 1. The minimum atomic E-state index is -0.572. The molecule has 0 bridgehead atoms. The van der Waals surface area contributed by atoms with Crippen molar-refractivity contribution in [1.29, 1.82) is 0 Å². The summed E-state index contributed by atoms with van der Waals surface area (Å²) in [6, 6.07) is 3.31. The first-order valence-electron chi connectivity index (χ1n) is 7.29. The van der Waals surface area contributed by atoms with Crippen LogP contribution < -0.4 is 5.32 Å². The lowest BCUT2D eigenvalue weighted by Crippen LogP contribution is -2.34. The highest BCUT2D eigenvalue weighted by atomic mass is 19.1. The Kier molecular flexibility index (Phi) is 4.93. The lowest BCUT2D eigenvalue weighted by Gasteiger charge is -2.13. The summed E-state index contributed by atoms with van der Waals surface area (Å²) in [5.41, 5.74) is 0.262. The minimum absolute atomic E-state index is 0.200. The van der Waals surface area contributed by atoms with Crippen molar-refractivity contribution in [2.75, 3.05) is 6.54 Å². The van der Waals surface area contributed by atoms with E-state index in [-0.39, 0.29) is 29.9 Å². The number of amides is 1. The molecule has 2 N–H and O–H groups in total. The molecule has 116 valence electrons. The van der Waals surface area contributed by atoms with Crippen molar-refractivity contribution in [2.24, 2.45) is 11.8 Å². The molecule has 0 aliphatic heterocycles. The summed E-state index contributed by atoms with van der Waals surface area (Å²) in [5, 5.41) is 12.4. The van der Waals surface area contributed by atoms with Gasteiger partial charge in [0.05, 0.1) is 6.10 Å².